The van der Waals surface area contributed by atoms with Crippen molar-refractivity contribution in [2.75, 3.05) is 39.6 Å². The maximum Gasteiger partial charge on any atom is 0.305 e. The van der Waals surface area contributed by atoms with E-state index in [2.05, 4.69) is 5.73 Å². The number of nitrogens with two attached hydrogens (primary N) is 1. The molecule has 28 heavy (non-hydrogen) atoms. The van der Waals surface area contributed by atoms with Crippen molar-refractivity contribution in [2.45, 2.75) is 46.6 Å². The Hall–Kier alpha value is -2.24. The lowest BCUT2D eigenvalue weighted by molar-refractivity contribution is -0.145. The molecular formula is C17H34N2O9. The minimum atomic E-state index is -0.833. The highest BCUT2D eigenvalue weighted by Crippen LogP contribution is 2.14. The number of aliphatic carboxylic acids is 1. The van der Waals surface area contributed by atoms with E-state index in [0.29, 0.717) is 25.7 Å². The fraction of sp³-hybridized carbons (Fsp3) is 0.765. The van der Waals surface area contributed by atoms with Gasteiger partial charge in [-0.1, -0.05) is 6.92 Å². The first-order valence-electron chi connectivity index (χ1n) is 8.73. The lowest BCUT2D eigenvalue weighted by Gasteiger charge is -2.03. The molecule has 0 aromatic rings. The van der Waals surface area contributed by atoms with E-state index in [0.717, 1.165) is 19.9 Å². The molecule has 1 aliphatic rings. The first kappa shape index (κ1) is 30.5. The summed E-state index contributed by atoms with van der Waals surface area (Å²) >= 11 is 0. The highest BCUT2D eigenvalue weighted by Gasteiger charge is 2.30. The fourth-order valence-corrected chi connectivity index (χ4v) is 1.33. The Morgan fingerprint density at radius 3 is 1.82 bits per heavy atom. The van der Waals surface area contributed by atoms with E-state index in [9.17, 15) is 14.4 Å². The van der Waals surface area contributed by atoms with E-state index in [1.807, 2.05) is 18.7 Å². The molecule has 0 spiro atoms. The largest absolute Gasteiger partial charge is 0.481 e. The van der Waals surface area contributed by atoms with Crippen LogP contribution in [0.2, 0.25) is 0 Å². The maximum absolute atomic E-state index is 10.7. The van der Waals surface area contributed by atoms with Gasteiger partial charge in [-0.2, -0.15) is 0 Å². The molecule has 0 aliphatic carbocycles. The van der Waals surface area contributed by atoms with E-state index in [4.69, 9.17) is 29.6 Å². The summed E-state index contributed by atoms with van der Waals surface area (Å²) in [6, 6.07) is 0.525. The zero-order chi connectivity index (χ0) is 22.5. The van der Waals surface area contributed by atoms with Crippen LogP contribution in [0.3, 0.4) is 0 Å². The van der Waals surface area contributed by atoms with Gasteiger partial charge in [-0.3, -0.25) is 19.2 Å². The molecule has 11 heteroatoms. The number of hydrogen-bond donors (Lipinski definition) is 4. The van der Waals surface area contributed by atoms with Gasteiger partial charge >= 0.3 is 5.97 Å². The number of esters is 1. The van der Waals surface area contributed by atoms with Crippen LogP contribution in [0.25, 0.3) is 0 Å². The minimum absolute atomic E-state index is 0.00288. The summed E-state index contributed by atoms with van der Waals surface area (Å²) in [6.45, 7) is 7.99. The molecule has 0 saturated carbocycles. The third-order valence-corrected chi connectivity index (χ3v) is 2.60. The number of ether oxygens (including phenoxy) is 2. The van der Waals surface area contributed by atoms with Gasteiger partial charge in [0.2, 0.25) is 11.8 Å². The number of carboxylic acid groups (broad SMARTS) is 1. The number of rotatable bonds is 8. The van der Waals surface area contributed by atoms with Crippen LogP contribution in [0.4, 0.5) is 0 Å². The molecule has 0 aromatic carbocycles. The molecule has 0 radical (unpaired) electrons. The molecule has 166 valence electrons. The second kappa shape index (κ2) is 21.1. The number of aliphatic hydroxyl groups excluding tert-OH is 2. The van der Waals surface area contributed by atoms with Crippen LogP contribution in [-0.2, 0) is 28.7 Å². The normalized spacial score (nSPS) is 13.4. The number of nitrogens with zero attached hydrogens (tertiary/aromatic N) is 1. The third-order valence-electron chi connectivity index (χ3n) is 2.60. The van der Waals surface area contributed by atoms with E-state index >= 15 is 0 Å². The quantitative estimate of drug-likeness (QED) is 0.225. The number of carbonyl (C=O) groups is 4. The van der Waals surface area contributed by atoms with Gasteiger partial charge in [0.1, 0.15) is 13.2 Å². The van der Waals surface area contributed by atoms with Crippen molar-refractivity contribution >= 4 is 23.8 Å². The van der Waals surface area contributed by atoms with Crippen molar-refractivity contribution in [1.82, 2.24) is 4.90 Å². The number of carbonyl (C=O) groups excluding carboxylic acids is 3. The predicted octanol–water partition coefficient (Wildman–Crippen LogP) is -0.869. The van der Waals surface area contributed by atoms with Gasteiger partial charge in [0.05, 0.1) is 19.8 Å². The van der Waals surface area contributed by atoms with Gasteiger partial charge < -0.3 is 35.4 Å². The van der Waals surface area contributed by atoms with E-state index in [-0.39, 0.29) is 25.1 Å². The molecule has 1 fully saturated rings. The van der Waals surface area contributed by atoms with E-state index in [1.54, 1.807) is 6.92 Å². The van der Waals surface area contributed by atoms with Gasteiger partial charge in [-0.25, -0.2) is 0 Å². The Kier molecular flexibility index (Phi) is 22.9. The SMILES string of the molecule is CC(=O)N1CC1C.CC(=O)O.CCCC(=O)OCCOCCO.NC(=O)CO. The van der Waals surface area contributed by atoms with Gasteiger partial charge in [-0.05, 0) is 13.3 Å². The summed E-state index contributed by atoms with van der Waals surface area (Å²) in [7, 11) is 0. The molecule has 1 rings (SSSR count). The monoisotopic (exact) mass is 410 g/mol. The van der Waals surface area contributed by atoms with Crippen LogP contribution in [0.1, 0.15) is 40.5 Å². The van der Waals surface area contributed by atoms with Crippen LogP contribution >= 0.6 is 0 Å². The van der Waals surface area contributed by atoms with Gasteiger partial charge in [0, 0.05) is 32.9 Å². The molecule has 0 bridgehead atoms. The van der Waals surface area contributed by atoms with Crippen LogP contribution in [-0.4, -0.2) is 89.6 Å². The molecule has 1 unspecified atom stereocenters. The smallest absolute Gasteiger partial charge is 0.305 e. The van der Waals surface area contributed by atoms with Crippen molar-refractivity contribution < 1.29 is 44.0 Å². The first-order chi connectivity index (χ1) is 13.0. The van der Waals surface area contributed by atoms with Crippen LogP contribution in [0.5, 0.6) is 0 Å². The molecule has 5 N–H and O–H groups in total. The van der Waals surface area contributed by atoms with Crippen molar-refractivity contribution in [2.24, 2.45) is 5.73 Å². The molecule has 1 atom stereocenters. The van der Waals surface area contributed by atoms with Gasteiger partial charge in [-0.15, -0.1) is 0 Å². The first-order valence-corrected chi connectivity index (χ1v) is 8.73. The van der Waals surface area contributed by atoms with E-state index < -0.39 is 18.5 Å². The number of hydrogen-bond acceptors (Lipinski definition) is 8. The summed E-state index contributed by atoms with van der Waals surface area (Å²) in [4.78, 5) is 41.3. The summed E-state index contributed by atoms with van der Waals surface area (Å²) in [5, 5.41) is 23.4. The molecule has 2 amide bonds. The molecule has 1 saturated heterocycles. The number of aliphatic hydroxyl groups is 2. The summed E-state index contributed by atoms with van der Waals surface area (Å²) in [5.41, 5.74) is 4.40. The van der Waals surface area contributed by atoms with Gasteiger partial charge in [0.25, 0.3) is 5.97 Å². The summed E-state index contributed by atoms with van der Waals surface area (Å²) < 4.78 is 9.67. The summed E-state index contributed by atoms with van der Waals surface area (Å²) in [5.74, 6) is -1.51. The Bertz CT molecular complexity index is 440. The standard InChI is InChI=1S/C8H16O4.C5H9NO.C2H5NO2.C2H4O2/c1-2-3-8(10)12-7-6-11-5-4-9;1-4-3-6(4)5(2)7;3-2(5)1-4;1-2(3)4/h9H,2-7H2,1H3;4H,3H2,1-2H3;4H,1H2,(H2,3,5);1H3,(H,3,4). The topological polar surface area (TPSA) is 176 Å². The lowest BCUT2D eigenvalue weighted by Crippen LogP contribution is -2.14. The average molecular weight is 410 g/mol. The van der Waals surface area contributed by atoms with Crippen LogP contribution in [0.15, 0.2) is 0 Å². The Balaban J connectivity index is -0.000000330. The average Bonchev–Trinajstić information content (AvgIpc) is 3.33. The van der Waals surface area contributed by atoms with Crippen molar-refractivity contribution in [3.63, 3.8) is 0 Å². The Morgan fingerprint density at radius 2 is 1.57 bits per heavy atom. The Labute approximate surface area is 165 Å². The predicted molar refractivity (Wildman–Crippen MR) is 100 cm³/mol. The number of primary amides is 1. The van der Waals surface area contributed by atoms with Crippen LogP contribution in [0, 0.1) is 0 Å². The van der Waals surface area contributed by atoms with Crippen molar-refractivity contribution in [3.05, 3.63) is 0 Å². The van der Waals surface area contributed by atoms with Crippen molar-refractivity contribution in [3.8, 4) is 0 Å². The van der Waals surface area contributed by atoms with Crippen molar-refractivity contribution in [1.29, 1.82) is 0 Å². The highest BCUT2D eigenvalue weighted by atomic mass is 16.6. The second-order valence-electron chi connectivity index (χ2n) is 5.47. The maximum atomic E-state index is 10.7. The number of carboxylic acids is 1. The molecule has 1 aliphatic heterocycles. The Morgan fingerprint density at radius 1 is 1.11 bits per heavy atom. The number of amides is 2. The fourth-order valence-electron chi connectivity index (χ4n) is 1.33. The zero-order valence-corrected chi connectivity index (χ0v) is 17.0. The molecule has 0 aromatic heterocycles. The van der Waals surface area contributed by atoms with Gasteiger partial charge in [0.15, 0.2) is 0 Å². The molecule has 1 heterocycles. The van der Waals surface area contributed by atoms with Crippen LogP contribution < -0.4 is 5.73 Å². The third kappa shape index (κ3) is 31.5. The zero-order valence-electron chi connectivity index (χ0n) is 17.0. The highest BCUT2D eigenvalue weighted by molar-refractivity contribution is 5.76. The second-order valence-corrected chi connectivity index (χ2v) is 5.47. The lowest BCUT2D eigenvalue weighted by atomic mass is 10.3. The summed E-state index contributed by atoms with van der Waals surface area (Å²) in [6.07, 6.45) is 1.26. The molecule has 11 nitrogen and oxygen atoms in total. The van der Waals surface area contributed by atoms with E-state index in [1.165, 1.54) is 0 Å². The molecular weight excluding hydrogens is 376 g/mol. The minimum Gasteiger partial charge on any atom is -0.481 e.